The van der Waals surface area contributed by atoms with Crippen molar-refractivity contribution in [1.82, 2.24) is 10.6 Å². The highest BCUT2D eigenvalue weighted by Gasteiger charge is 2.36. The second kappa shape index (κ2) is 5.49. The average Bonchev–Trinajstić information content (AvgIpc) is 3.15. The highest BCUT2D eigenvalue weighted by Crippen LogP contribution is 2.33. The summed E-state index contributed by atoms with van der Waals surface area (Å²) in [6.45, 7) is 0.537. The lowest BCUT2D eigenvalue weighted by Crippen LogP contribution is -2.41. The van der Waals surface area contributed by atoms with Gasteiger partial charge in [-0.1, -0.05) is 0 Å². The molecule has 2 aliphatic carbocycles. The fourth-order valence-corrected chi connectivity index (χ4v) is 1.87. The molecule has 0 saturated heterocycles. The van der Waals surface area contributed by atoms with Crippen molar-refractivity contribution >= 4 is 11.9 Å². The molecule has 5 heteroatoms. The second-order valence-corrected chi connectivity index (χ2v) is 4.88. The lowest BCUT2D eigenvalue weighted by atomic mass is 10.2. The van der Waals surface area contributed by atoms with Crippen molar-refractivity contribution in [3.05, 3.63) is 0 Å². The zero-order valence-corrected chi connectivity index (χ0v) is 10.2. The van der Waals surface area contributed by atoms with Gasteiger partial charge in [-0.15, -0.1) is 0 Å². The number of carbonyl (C=O) groups excluding carboxylic acids is 2. The summed E-state index contributed by atoms with van der Waals surface area (Å²) in [5, 5.41) is 6.04. The SMILES string of the molecule is COC(=O)C(NCCC(=O)NC1CC1)C1CC1. The second-order valence-electron chi connectivity index (χ2n) is 4.88. The molecule has 0 aromatic rings. The summed E-state index contributed by atoms with van der Waals surface area (Å²) in [5.74, 6) is 0.253. The molecule has 1 amide bonds. The Morgan fingerprint density at radius 2 is 2.00 bits per heavy atom. The molecule has 0 bridgehead atoms. The van der Waals surface area contributed by atoms with Gasteiger partial charge >= 0.3 is 5.97 Å². The van der Waals surface area contributed by atoms with Crippen molar-refractivity contribution in [2.45, 2.75) is 44.2 Å². The van der Waals surface area contributed by atoms with Crippen molar-refractivity contribution in [1.29, 1.82) is 0 Å². The van der Waals surface area contributed by atoms with E-state index >= 15 is 0 Å². The Balaban J connectivity index is 1.64. The predicted octanol–water partition coefficient (Wildman–Crippen LogP) is 0.196. The van der Waals surface area contributed by atoms with Crippen LogP contribution in [0.15, 0.2) is 0 Å². The highest BCUT2D eigenvalue weighted by atomic mass is 16.5. The maximum atomic E-state index is 11.5. The molecule has 2 saturated carbocycles. The Morgan fingerprint density at radius 1 is 1.29 bits per heavy atom. The Bertz CT molecular complexity index is 298. The third-order valence-electron chi connectivity index (χ3n) is 3.21. The third kappa shape index (κ3) is 4.00. The number of esters is 1. The molecule has 0 radical (unpaired) electrons. The fourth-order valence-electron chi connectivity index (χ4n) is 1.87. The van der Waals surface area contributed by atoms with Crippen LogP contribution in [0.1, 0.15) is 32.1 Å². The van der Waals surface area contributed by atoms with E-state index in [1.54, 1.807) is 0 Å². The summed E-state index contributed by atoms with van der Waals surface area (Å²) >= 11 is 0. The largest absolute Gasteiger partial charge is 0.468 e. The van der Waals surface area contributed by atoms with Gasteiger partial charge in [0, 0.05) is 19.0 Å². The van der Waals surface area contributed by atoms with E-state index in [0.717, 1.165) is 25.7 Å². The van der Waals surface area contributed by atoms with Crippen LogP contribution in [0.2, 0.25) is 0 Å². The van der Waals surface area contributed by atoms with Gasteiger partial charge in [0.05, 0.1) is 7.11 Å². The molecule has 0 aliphatic heterocycles. The molecule has 1 unspecified atom stereocenters. The summed E-state index contributed by atoms with van der Waals surface area (Å²) in [6.07, 6.45) is 4.77. The van der Waals surface area contributed by atoms with Gasteiger partial charge in [0.25, 0.3) is 0 Å². The third-order valence-corrected chi connectivity index (χ3v) is 3.21. The normalized spacial score (nSPS) is 20.8. The van der Waals surface area contributed by atoms with Gasteiger partial charge in [0.2, 0.25) is 5.91 Å². The van der Waals surface area contributed by atoms with Gasteiger partial charge in [-0.3, -0.25) is 9.59 Å². The summed E-state index contributed by atoms with van der Waals surface area (Å²) in [6, 6.07) is 0.177. The Hall–Kier alpha value is -1.10. The molecule has 2 rings (SSSR count). The minimum atomic E-state index is -0.228. The van der Waals surface area contributed by atoms with Crippen LogP contribution in [0, 0.1) is 5.92 Å². The van der Waals surface area contributed by atoms with Crippen LogP contribution >= 0.6 is 0 Å². The first-order valence-corrected chi connectivity index (χ1v) is 6.31. The van der Waals surface area contributed by atoms with E-state index < -0.39 is 0 Å². The van der Waals surface area contributed by atoms with Crippen LogP contribution in [0.3, 0.4) is 0 Å². The standard InChI is InChI=1S/C12H20N2O3/c1-17-12(16)11(8-2-3-8)13-7-6-10(15)14-9-4-5-9/h8-9,11,13H,2-7H2,1H3,(H,14,15). The van der Waals surface area contributed by atoms with Crippen molar-refractivity contribution < 1.29 is 14.3 Å². The zero-order chi connectivity index (χ0) is 12.3. The van der Waals surface area contributed by atoms with E-state index in [1.165, 1.54) is 7.11 Å². The van der Waals surface area contributed by atoms with Crippen LogP contribution in [-0.4, -0.2) is 37.6 Å². The topological polar surface area (TPSA) is 67.4 Å². The first-order valence-electron chi connectivity index (χ1n) is 6.31. The molecule has 2 N–H and O–H groups in total. The maximum Gasteiger partial charge on any atom is 0.323 e. The molecule has 2 aliphatic rings. The summed E-state index contributed by atoms with van der Waals surface area (Å²) < 4.78 is 4.74. The van der Waals surface area contributed by atoms with Gasteiger partial charge in [0.1, 0.15) is 6.04 Å². The molecule has 0 aromatic heterocycles. The first-order chi connectivity index (χ1) is 8.20. The summed E-state index contributed by atoms with van der Waals surface area (Å²) in [4.78, 5) is 22.9. The number of methoxy groups -OCH3 is 1. The Labute approximate surface area is 101 Å². The zero-order valence-electron chi connectivity index (χ0n) is 10.2. The maximum absolute atomic E-state index is 11.5. The minimum absolute atomic E-state index is 0.0689. The number of nitrogens with one attached hydrogen (secondary N) is 2. The van der Waals surface area contributed by atoms with E-state index in [0.29, 0.717) is 24.9 Å². The van der Waals surface area contributed by atoms with Crippen molar-refractivity contribution in [2.75, 3.05) is 13.7 Å². The quantitative estimate of drug-likeness (QED) is 0.624. The summed E-state index contributed by atoms with van der Waals surface area (Å²) in [7, 11) is 1.40. The van der Waals surface area contributed by atoms with Gasteiger partial charge in [-0.05, 0) is 31.6 Å². The lowest BCUT2D eigenvalue weighted by Gasteiger charge is -2.15. The van der Waals surface area contributed by atoms with Gasteiger partial charge < -0.3 is 15.4 Å². The van der Waals surface area contributed by atoms with Crippen LogP contribution in [-0.2, 0) is 14.3 Å². The number of amides is 1. The van der Waals surface area contributed by atoms with Crippen molar-refractivity contribution in [3.8, 4) is 0 Å². The molecule has 96 valence electrons. The van der Waals surface area contributed by atoms with Crippen molar-refractivity contribution in [2.24, 2.45) is 5.92 Å². The molecule has 0 heterocycles. The molecule has 1 atom stereocenters. The van der Waals surface area contributed by atoms with Gasteiger partial charge in [-0.2, -0.15) is 0 Å². The molecule has 0 spiro atoms. The Kier molecular flexibility index (Phi) is 3.99. The number of ether oxygens (including phenoxy) is 1. The number of carbonyl (C=O) groups is 2. The molecule has 17 heavy (non-hydrogen) atoms. The number of hydrogen-bond acceptors (Lipinski definition) is 4. The Morgan fingerprint density at radius 3 is 2.53 bits per heavy atom. The van der Waals surface area contributed by atoms with Crippen molar-refractivity contribution in [3.63, 3.8) is 0 Å². The molecule has 0 aromatic carbocycles. The van der Waals surface area contributed by atoms with E-state index in [9.17, 15) is 9.59 Å². The van der Waals surface area contributed by atoms with Crippen LogP contribution in [0.5, 0.6) is 0 Å². The van der Waals surface area contributed by atoms with Gasteiger partial charge in [-0.25, -0.2) is 0 Å². The van der Waals surface area contributed by atoms with Crippen LogP contribution < -0.4 is 10.6 Å². The van der Waals surface area contributed by atoms with E-state index in [2.05, 4.69) is 10.6 Å². The fraction of sp³-hybridized carbons (Fsp3) is 0.833. The van der Waals surface area contributed by atoms with E-state index in [1.807, 2.05) is 0 Å². The first kappa shape index (κ1) is 12.4. The predicted molar refractivity (Wildman–Crippen MR) is 62.3 cm³/mol. The number of hydrogen-bond donors (Lipinski definition) is 2. The van der Waals surface area contributed by atoms with Crippen LogP contribution in [0.4, 0.5) is 0 Å². The van der Waals surface area contributed by atoms with E-state index in [4.69, 9.17) is 4.74 Å². The van der Waals surface area contributed by atoms with Gasteiger partial charge in [0.15, 0.2) is 0 Å². The minimum Gasteiger partial charge on any atom is -0.468 e. The number of rotatable bonds is 7. The molecular weight excluding hydrogens is 220 g/mol. The smallest absolute Gasteiger partial charge is 0.323 e. The average molecular weight is 240 g/mol. The monoisotopic (exact) mass is 240 g/mol. The molecule has 5 nitrogen and oxygen atoms in total. The highest BCUT2D eigenvalue weighted by molar-refractivity contribution is 5.78. The lowest BCUT2D eigenvalue weighted by molar-refractivity contribution is -0.143. The summed E-state index contributed by atoms with van der Waals surface area (Å²) in [5.41, 5.74) is 0. The van der Waals surface area contributed by atoms with E-state index in [-0.39, 0.29) is 17.9 Å². The molecule has 2 fully saturated rings. The van der Waals surface area contributed by atoms with Crippen LogP contribution in [0.25, 0.3) is 0 Å². The molecular formula is C12H20N2O3.